The molecule has 1 N–H and O–H groups in total. The van der Waals surface area contributed by atoms with Crippen molar-refractivity contribution in [1.29, 1.82) is 0 Å². The quantitative estimate of drug-likeness (QED) is 0.331. The Kier molecular flexibility index (Phi) is 9.49. The van der Waals surface area contributed by atoms with E-state index in [1.807, 2.05) is 13.1 Å². The van der Waals surface area contributed by atoms with Gasteiger partial charge in [0.25, 0.3) is 0 Å². The Hall–Kier alpha value is -1.20. The third-order valence-corrected chi connectivity index (χ3v) is 4.95. The highest BCUT2D eigenvalue weighted by atomic mass is 127. The largest absolute Gasteiger partial charge is 0.383 e. The summed E-state index contributed by atoms with van der Waals surface area (Å²) in [5, 5.41) is 3.53. The van der Waals surface area contributed by atoms with Crippen LogP contribution in [0.5, 0.6) is 0 Å². The smallest absolute Gasteiger partial charge is 0.225 e. The minimum absolute atomic E-state index is 0. The van der Waals surface area contributed by atoms with Gasteiger partial charge in [0.2, 0.25) is 5.95 Å². The molecule has 0 unspecified atom stereocenters. The van der Waals surface area contributed by atoms with Crippen molar-refractivity contribution in [2.24, 2.45) is 4.99 Å². The number of guanidine groups is 1. The summed E-state index contributed by atoms with van der Waals surface area (Å²) in [6.07, 6.45) is 6.23. The third kappa shape index (κ3) is 6.72. The second-order valence-corrected chi connectivity index (χ2v) is 6.76. The lowest BCUT2D eigenvalue weighted by molar-refractivity contribution is 0.144. The summed E-state index contributed by atoms with van der Waals surface area (Å²) in [4.78, 5) is 20.2. The average molecular weight is 489 g/mol. The van der Waals surface area contributed by atoms with Gasteiger partial charge >= 0.3 is 0 Å². The van der Waals surface area contributed by atoms with Crippen LogP contribution in [0.15, 0.2) is 23.5 Å². The molecule has 0 atom stereocenters. The zero-order chi connectivity index (χ0) is 18.2. The number of halogens is 1. The van der Waals surface area contributed by atoms with Gasteiger partial charge in [-0.3, -0.25) is 9.89 Å². The third-order valence-electron chi connectivity index (χ3n) is 4.95. The van der Waals surface area contributed by atoms with Crippen molar-refractivity contribution in [3.05, 3.63) is 18.5 Å². The van der Waals surface area contributed by atoms with E-state index in [-0.39, 0.29) is 24.0 Å². The molecule has 2 fully saturated rings. The van der Waals surface area contributed by atoms with Crippen molar-refractivity contribution < 1.29 is 4.74 Å². The van der Waals surface area contributed by atoms with E-state index in [9.17, 15) is 0 Å². The monoisotopic (exact) mass is 489 g/mol. The van der Waals surface area contributed by atoms with E-state index in [2.05, 4.69) is 35.0 Å². The number of rotatable bonds is 8. The Morgan fingerprint density at radius 3 is 2.52 bits per heavy atom. The topological polar surface area (TPSA) is 69.1 Å². The van der Waals surface area contributed by atoms with Crippen LogP contribution in [-0.4, -0.2) is 98.3 Å². The summed E-state index contributed by atoms with van der Waals surface area (Å²) < 4.78 is 5.23. The molecule has 27 heavy (non-hydrogen) atoms. The maximum atomic E-state index is 5.23. The van der Waals surface area contributed by atoms with Gasteiger partial charge in [-0.05, 0) is 18.9 Å². The van der Waals surface area contributed by atoms with E-state index in [0.29, 0.717) is 0 Å². The Morgan fingerprint density at radius 1 is 1.22 bits per heavy atom. The van der Waals surface area contributed by atoms with Gasteiger partial charge in [-0.2, -0.15) is 0 Å². The molecule has 9 heteroatoms. The van der Waals surface area contributed by atoms with E-state index in [4.69, 9.17) is 4.74 Å². The van der Waals surface area contributed by atoms with E-state index in [1.165, 1.54) is 12.8 Å². The number of nitrogens with one attached hydrogen (secondary N) is 1. The van der Waals surface area contributed by atoms with Crippen LogP contribution >= 0.6 is 24.0 Å². The van der Waals surface area contributed by atoms with Crippen molar-refractivity contribution in [2.75, 3.05) is 71.5 Å². The molecule has 0 bridgehead atoms. The lowest BCUT2D eigenvalue weighted by Crippen LogP contribution is -2.53. The molecule has 1 aromatic heterocycles. The Balaban J connectivity index is 0.00000261. The van der Waals surface area contributed by atoms with Gasteiger partial charge in [-0.25, -0.2) is 9.97 Å². The van der Waals surface area contributed by atoms with Crippen molar-refractivity contribution in [1.82, 2.24) is 25.1 Å². The number of piperazine rings is 1. The molecule has 1 saturated heterocycles. The molecule has 2 heterocycles. The standard InChI is InChI=1S/C18H31N7O.HI/c1-19-17(22-8-9-23(14-15-26-2)16-4-5-16)24-10-12-25(13-11-24)18-20-6-3-7-21-18;/h3,6-7,16H,4-5,8-15H2,1-2H3,(H,19,22);1H. The van der Waals surface area contributed by atoms with Gasteiger partial charge in [-0.1, -0.05) is 0 Å². The minimum atomic E-state index is 0. The predicted molar refractivity (Wildman–Crippen MR) is 119 cm³/mol. The summed E-state index contributed by atoms with van der Waals surface area (Å²) in [5.74, 6) is 1.80. The first kappa shape index (κ1) is 22.1. The summed E-state index contributed by atoms with van der Waals surface area (Å²) in [7, 11) is 3.63. The summed E-state index contributed by atoms with van der Waals surface area (Å²) >= 11 is 0. The molecule has 0 amide bonds. The summed E-state index contributed by atoms with van der Waals surface area (Å²) in [6, 6.07) is 2.60. The van der Waals surface area contributed by atoms with E-state index >= 15 is 0 Å². The van der Waals surface area contributed by atoms with Crippen LogP contribution in [0.25, 0.3) is 0 Å². The van der Waals surface area contributed by atoms with E-state index in [0.717, 1.165) is 70.4 Å². The van der Waals surface area contributed by atoms with Gasteiger partial charge < -0.3 is 19.9 Å². The highest BCUT2D eigenvalue weighted by molar-refractivity contribution is 14.0. The van der Waals surface area contributed by atoms with Crippen LogP contribution in [0.3, 0.4) is 0 Å². The van der Waals surface area contributed by atoms with E-state index < -0.39 is 0 Å². The van der Waals surface area contributed by atoms with Crippen LogP contribution in [0.4, 0.5) is 5.95 Å². The van der Waals surface area contributed by atoms with Crippen LogP contribution in [-0.2, 0) is 4.74 Å². The Labute approximate surface area is 179 Å². The van der Waals surface area contributed by atoms with Gasteiger partial charge in [0.1, 0.15) is 0 Å². The number of ether oxygens (including phenoxy) is 1. The number of hydrogen-bond acceptors (Lipinski definition) is 6. The second kappa shape index (κ2) is 11.6. The van der Waals surface area contributed by atoms with Gasteiger partial charge in [0.05, 0.1) is 6.61 Å². The fraction of sp³-hybridized carbons (Fsp3) is 0.722. The number of aliphatic imine (C=N–C) groups is 1. The number of anilines is 1. The molecule has 1 saturated carbocycles. The molecule has 3 rings (SSSR count). The molecule has 1 aromatic rings. The van der Waals surface area contributed by atoms with Gasteiger partial charge in [0, 0.05) is 78.4 Å². The van der Waals surface area contributed by atoms with E-state index in [1.54, 1.807) is 19.5 Å². The minimum Gasteiger partial charge on any atom is -0.383 e. The van der Waals surface area contributed by atoms with Crippen LogP contribution < -0.4 is 10.2 Å². The van der Waals surface area contributed by atoms with Crippen LogP contribution in [0.2, 0.25) is 0 Å². The molecular weight excluding hydrogens is 457 g/mol. The maximum absolute atomic E-state index is 5.23. The first-order valence-corrected chi connectivity index (χ1v) is 9.52. The van der Waals surface area contributed by atoms with Crippen LogP contribution in [0, 0.1) is 0 Å². The first-order valence-electron chi connectivity index (χ1n) is 9.52. The summed E-state index contributed by atoms with van der Waals surface area (Å²) in [6.45, 7) is 7.42. The second-order valence-electron chi connectivity index (χ2n) is 6.76. The molecule has 8 nitrogen and oxygen atoms in total. The first-order chi connectivity index (χ1) is 12.8. The lowest BCUT2D eigenvalue weighted by atomic mass is 10.3. The highest BCUT2D eigenvalue weighted by Crippen LogP contribution is 2.26. The van der Waals surface area contributed by atoms with Crippen LogP contribution in [0.1, 0.15) is 12.8 Å². The molecule has 152 valence electrons. The van der Waals surface area contributed by atoms with Crippen molar-refractivity contribution in [3.63, 3.8) is 0 Å². The lowest BCUT2D eigenvalue weighted by Gasteiger charge is -2.36. The number of nitrogens with zero attached hydrogens (tertiary/aromatic N) is 6. The number of methoxy groups -OCH3 is 1. The zero-order valence-corrected chi connectivity index (χ0v) is 18.7. The number of aromatic nitrogens is 2. The maximum Gasteiger partial charge on any atom is 0.225 e. The molecule has 2 aliphatic rings. The zero-order valence-electron chi connectivity index (χ0n) is 16.4. The van der Waals surface area contributed by atoms with Crippen molar-refractivity contribution >= 4 is 35.9 Å². The molecule has 1 aliphatic heterocycles. The Morgan fingerprint density at radius 2 is 1.93 bits per heavy atom. The fourth-order valence-electron chi connectivity index (χ4n) is 3.34. The highest BCUT2D eigenvalue weighted by Gasteiger charge is 2.28. The molecular formula is C18H32IN7O. The summed E-state index contributed by atoms with van der Waals surface area (Å²) in [5.41, 5.74) is 0. The SMILES string of the molecule is CN=C(NCCN(CCOC)C1CC1)N1CCN(c2ncccn2)CC1.I. The van der Waals surface area contributed by atoms with Gasteiger partial charge in [0.15, 0.2) is 5.96 Å². The Bertz CT molecular complexity index is 562. The molecule has 1 aliphatic carbocycles. The fourth-order valence-corrected chi connectivity index (χ4v) is 3.34. The molecule has 0 spiro atoms. The normalized spacial score (nSPS) is 17.8. The van der Waals surface area contributed by atoms with Crippen molar-refractivity contribution in [2.45, 2.75) is 18.9 Å². The predicted octanol–water partition coefficient (Wildman–Crippen LogP) is 0.903. The number of hydrogen-bond donors (Lipinski definition) is 1. The average Bonchev–Trinajstić information content (AvgIpc) is 3.54. The molecule has 0 radical (unpaired) electrons. The molecule has 0 aromatic carbocycles. The van der Waals surface area contributed by atoms with Crippen molar-refractivity contribution in [3.8, 4) is 0 Å². The van der Waals surface area contributed by atoms with Gasteiger partial charge in [-0.15, -0.1) is 24.0 Å².